The molecule has 1 aromatic heterocycles. The Balaban J connectivity index is 2.43. The lowest BCUT2D eigenvalue weighted by molar-refractivity contribution is 0.147. The van der Waals surface area contributed by atoms with Crippen LogP contribution in [0.15, 0.2) is 12.4 Å². The Labute approximate surface area is 101 Å². The van der Waals surface area contributed by atoms with E-state index in [1.165, 1.54) is 0 Å². The molecule has 5 nitrogen and oxygen atoms in total. The summed E-state index contributed by atoms with van der Waals surface area (Å²) in [6, 6.07) is 0. The molecule has 3 N–H and O–H groups in total. The van der Waals surface area contributed by atoms with Crippen molar-refractivity contribution in [1.82, 2.24) is 9.97 Å². The minimum Gasteiger partial charge on any atom is -0.396 e. The highest BCUT2D eigenvalue weighted by molar-refractivity contribution is 5.05. The van der Waals surface area contributed by atoms with Crippen molar-refractivity contribution < 1.29 is 15.3 Å². The molecule has 1 heterocycles. The number of nitrogens with zero attached hydrogens (tertiary/aromatic N) is 2. The Morgan fingerprint density at radius 2 is 1.76 bits per heavy atom. The largest absolute Gasteiger partial charge is 0.396 e. The van der Waals surface area contributed by atoms with Crippen molar-refractivity contribution in [3.8, 4) is 0 Å². The molecule has 0 bridgehead atoms. The van der Waals surface area contributed by atoms with Gasteiger partial charge in [0.15, 0.2) is 0 Å². The molecule has 1 unspecified atom stereocenters. The third-order valence-electron chi connectivity index (χ3n) is 2.54. The fourth-order valence-electron chi connectivity index (χ4n) is 1.52. The Hall–Kier alpha value is -1.04. The average molecular weight is 240 g/mol. The zero-order valence-electron chi connectivity index (χ0n) is 9.92. The van der Waals surface area contributed by atoms with Crippen molar-refractivity contribution in [2.24, 2.45) is 0 Å². The Morgan fingerprint density at radius 3 is 2.35 bits per heavy atom. The van der Waals surface area contributed by atoms with Crippen LogP contribution in [0.4, 0.5) is 0 Å². The van der Waals surface area contributed by atoms with Crippen LogP contribution in [0.5, 0.6) is 0 Å². The number of aliphatic hydroxyl groups excluding tert-OH is 3. The monoisotopic (exact) mass is 240 g/mol. The molecule has 0 fully saturated rings. The second-order valence-electron chi connectivity index (χ2n) is 3.99. The molecule has 1 aromatic rings. The van der Waals surface area contributed by atoms with E-state index in [-0.39, 0.29) is 13.2 Å². The zero-order chi connectivity index (χ0) is 12.5. The summed E-state index contributed by atoms with van der Waals surface area (Å²) >= 11 is 0. The van der Waals surface area contributed by atoms with Gasteiger partial charge in [0.2, 0.25) is 0 Å². The summed E-state index contributed by atoms with van der Waals surface area (Å²) in [5.74, 6) is 0. The van der Waals surface area contributed by atoms with Crippen LogP contribution in [-0.2, 0) is 6.42 Å². The quantitative estimate of drug-likeness (QED) is 0.579. The molecular formula is C12H20N2O3. The number of hydrogen-bond donors (Lipinski definition) is 3. The SMILES string of the molecule is OCCCCc1cnc(C(O)CCCO)cn1. The van der Waals surface area contributed by atoms with E-state index in [1.807, 2.05) is 0 Å². The van der Waals surface area contributed by atoms with E-state index >= 15 is 0 Å². The van der Waals surface area contributed by atoms with Crippen molar-refractivity contribution in [2.75, 3.05) is 13.2 Å². The summed E-state index contributed by atoms with van der Waals surface area (Å²) in [6.07, 6.45) is 6.09. The fraction of sp³-hybridized carbons (Fsp3) is 0.667. The molecule has 5 heteroatoms. The Morgan fingerprint density at radius 1 is 1.00 bits per heavy atom. The summed E-state index contributed by atoms with van der Waals surface area (Å²) in [5.41, 5.74) is 1.42. The fourth-order valence-corrected chi connectivity index (χ4v) is 1.52. The lowest BCUT2D eigenvalue weighted by atomic mass is 10.1. The molecule has 1 rings (SSSR count). The van der Waals surface area contributed by atoms with Gasteiger partial charge in [-0.05, 0) is 32.1 Å². The number of aromatic nitrogens is 2. The molecule has 0 radical (unpaired) electrons. The average Bonchev–Trinajstić information content (AvgIpc) is 2.37. The van der Waals surface area contributed by atoms with Gasteiger partial charge < -0.3 is 15.3 Å². The van der Waals surface area contributed by atoms with Gasteiger partial charge in [0.05, 0.1) is 23.7 Å². The maximum absolute atomic E-state index is 9.71. The van der Waals surface area contributed by atoms with Crippen molar-refractivity contribution >= 4 is 0 Å². The van der Waals surface area contributed by atoms with E-state index in [2.05, 4.69) is 9.97 Å². The molecular weight excluding hydrogens is 220 g/mol. The van der Waals surface area contributed by atoms with Gasteiger partial charge in [0.1, 0.15) is 0 Å². The van der Waals surface area contributed by atoms with Gasteiger partial charge in [-0.1, -0.05) is 0 Å². The third-order valence-corrected chi connectivity index (χ3v) is 2.54. The van der Waals surface area contributed by atoms with E-state index in [0.29, 0.717) is 18.5 Å². The molecule has 0 amide bonds. The standard InChI is InChI=1S/C12H20N2O3/c15-6-2-1-4-10-8-14-11(9-13-10)12(17)5-3-7-16/h8-9,12,15-17H,1-7H2. The van der Waals surface area contributed by atoms with E-state index in [4.69, 9.17) is 10.2 Å². The van der Waals surface area contributed by atoms with Crippen molar-refractivity contribution in [2.45, 2.75) is 38.2 Å². The van der Waals surface area contributed by atoms with Crippen LogP contribution in [-0.4, -0.2) is 38.5 Å². The minimum absolute atomic E-state index is 0.0731. The normalized spacial score (nSPS) is 12.6. The van der Waals surface area contributed by atoms with Crippen LogP contribution < -0.4 is 0 Å². The zero-order valence-corrected chi connectivity index (χ0v) is 9.92. The molecule has 96 valence electrons. The summed E-state index contributed by atoms with van der Waals surface area (Å²) in [4.78, 5) is 8.37. The van der Waals surface area contributed by atoms with Gasteiger partial charge >= 0.3 is 0 Å². The highest BCUT2D eigenvalue weighted by Crippen LogP contribution is 2.15. The molecule has 0 aliphatic carbocycles. The summed E-state index contributed by atoms with van der Waals surface area (Å²) in [6.45, 7) is 0.273. The number of aryl methyl sites for hydroxylation is 1. The predicted octanol–water partition coefficient (Wildman–Crippen LogP) is 0.597. The maximum atomic E-state index is 9.71. The van der Waals surface area contributed by atoms with Crippen LogP contribution in [0.25, 0.3) is 0 Å². The van der Waals surface area contributed by atoms with Crippen LogP contribution in [0.1, 0.15) is 43.2 Å². The van der Waals surface area contributed by atoms with E-state index < -0.39 is 6.10 Å². The molecule has 0 saturated carbocycles. The Kier molecular flexibility index (Phi) is 6.69. The van der Waals surface area contributed by atoms with Gasteiger partial charge in [-0.2, -0.15) is 0 Å². The minimum atomic E-state index is -0.652. The second kappa shape index (κ2) is 8.11. The molecule has 0 aromatic carbocycles. The first kappa shape index (κ1) is 14.0. The van der Waals surface area contributed by atoms with Gasteiger partial charge in [-0.3, -0.25) is 9.97 Å². The number of aliphatic hydroxyl groups is 3. The molecule has 0 aliphatic rings. The highest BCUT2D eigenvalue weighted by Gasteiger charge is 2.08. The predicted molar refractivity (Wildman–Crippen MR) is 63.3 cm³/mol. The Bertz CT molecular complexity index is 303. The number of hydrogen-bond acceptors (Lipinski definition) is 5. The second-order valence-corrected chi connectivity index (χ2v) is 3.99. The molecule has 0 saturated heterocycles. The number of unbranched alkanes of at least 4 members (excludes halogenated alkanes) is 1. The van der Waals surface area contributed by atoms with E-state index in [1.54, 1.807) is 12.4 Å². The van der Waals surface area contributed by atoms with Crippen LogP contribution >= 0.6 is 0 Å². The van der Waals surface area contributed by atoms with Crippen LogP contribution in [0, 0.1) is 0 Å². The molecule has 0 spiro atoms. The van der Waals surface area contributed by atoms with Gasteiger partial charge in [0.25, 0.3) is 0 Å². The van der Waals surface area contributed by atoms with Gasteiger partial charge in [-0.15, -0.1) is 0 Å². The van der Waals surface area contributed by atoms with Crippen molar-refractivity contribution in [1.29, 1.82) is 0 Å². The highest BCUT2D eigenvalue weighted by atomic mass is 16.3. The van der Waals surface area contributed by atoms with Crippen LogP contribution in [0.2, 0.25) is 0 Å². The molecule has 17 heavy (non-hydrogen) atoms. The lowest BCUT2D eigenvalue weighted by Gasteiger charge is -2.09. The van der Waals surface area contributed by atoms with Crippen molar-refractivity contribution in [3.63, 3.8) is 0 Å². The summed E-state index contributed by atoms with van der Waals surface area (Å²) in [5, 5.41) is 27.0. The van der Waals surface area contributed by atoms with Crippen LogP contribution in [0.3, 0.4) is 0 Å². The smallest absolute Gasteiger partial charge is 0.0976 e. The first-order chi connectivity index (χ1) is 8.27. The number of rotatable bonds is 8. The molecule has 1 atom stereocenters. The van der Waals surface area contributed by atoms with E-state index in [9.17, 15) is 5.11 Å². The first-order valence-corrected chi connectivity index (χ1v) is 5.98. The van der Waals surface area contributed by atoms with E-state index in [0.717, 1.165) is 25.0 Å². The third kappa shape index (κ3) is 5.21. The maximum Gasteiger partial charge on any atom is 0.0976 e. The van der Waals surface area contributed by atoms with Gasteiger partial charge in [-0.25, -0.2) is 0 Å². The first-order valence-electron chi connectivity index (χ1n) is 5.98. The summed E-state index contributed by atoms with van der Waals surface area (Å²) in [7, 11) is 0. The summed E-state index contributed by atoms with van der Waals surface area (Å²) < 4.78 is 0. The van der Waals surface area contributed by atoms with Crippen molar-refractivity contribution in [3.05, 3.63) is 23.8 Å². The lowest BCUT2D eigenvalue weighted by Crippen LogP contribution is -2.04. The molecule has 0 aliphatic heterocycles. The topological polar surface area (TPSA) is 86.5 Å². The van der Waals surface area contributed by atoms with Gasteiger partial charge in [0, 0.05) is 19.4 Å².